The number of aryl methyl sites for hydroxylation is 1. The molecule has 0 spiro atoms. The van der Waals surface area contributed by atoms with E-state index >= 15 is 4.39 Å². The minimum absolute atomic E-state index is 0.00352. The van der Waals surface area contributed by atoms with Gasteiger partial charge in [-0.3, -0.25) is 43.2 Å². The van der Waals surface area contributed by atoms with Gasteiger partial charge in [0.05, 0.1) is 53.6 Å². The van der Waals surface area contributed by atoms with Gasteiger partial charge < -0.3 is 40.6 Å². The fourth-order valence-electron chi connectivity index (χ4n) is 11.4. The standard InChI is InChI=1S/C59H70FN7O12/c1-5-59(78)41-28-46-55-39(31-67(46)57(76)40(41)32-79-58(59)77)54-43(18-17-37-34(3)42(60)29-45(65-55)53(37)54)63-52(74)22-24-66(4)25-23-61-50(72)21-19-47(69)44(27-35-12-8-6-9-13-35)64-51(73)20-16-36(68)30-62-49(71)15-11-7-10-14-38-48(70)26-33(2)56(38)75/h6,8-9,12-13,28-29,33,38,43-44,78H,5,7,10-11,14-27,30-32H2,1-4H3,(H,61,72)(H,62,71)(H,63,74)(H,64,73)/t33?,38?,43-,44-,59-/m0/s1. The van der Waals surface area contributed by atoms with E-state index in [1.807, 2.05) is 30.1 Å². The first-order chi connectivity index (χ1) is 37.8. The molecule has 20 heteroatoms. The highest BCUT2D eigenvalue weighted by atomic mass is 19.1. The number of likely N-dealkylation sites (N-methyl/N-ethyl adjacent to an activating group) is 1. The number of aliphatic hydroxyl groups is 1. The van der Waals surface area contributed by atoms with Crippen molar-refractivity contribution in [1.82, 2.24) is 35.7 Å². The van der Waals surface area contributed by atoms with E-state index in [1.165, 1.54) is 10.6 Å². The van der Waals surface area contributed by atoms with Crippen LogP contribution < -0.4 is 26.8 Å². The number of pyridine rings is 2. The molecule has 1 fully saturated rings. The number of unbranched alkanes of at least 4 members (excludes halogenated alkanes) is 2. The number of hydrogen-bond donors (Lipinski definition) is 5. The highest BCUT2D eigenvalue weighted by Gasteiger charge is 2.46. The highest BCUT2D eigenvalue weighted by molar-refractivity contribution is 6.09. The van der Waals surface area contributed by atoms with Crippen LogP contribution in [0.1, 0.15) is 142 Å². The number of halogens is 1. The van der Waals surface area contributed by atoms with Gasteiger partial charge in [-0.15, -0.1) is 0 Å². The monoisotopic (exact) mass is 1090 g/mol. The Morgan fingerprint density at radius 2 is 1.63 bits per heavy atom. The molecule has 0 radical (unpaired) electrons. The average Bonchev–Trinajstić information content (AvgIpc) is 4.08. The summed E-state index contributed by atoms with van der Waals surface area (Å²) in [5, 5.41) is 23.4. The van der Waals surface area contributed by atoms with E-state index in [-0.39, 0.29) is 136 Å². The number of ketones is 4. The van der Waals surface area contributed by atoms with E-state index in [0.29, 0.717) is 86.1 Å². The zero-order valence-corrected chi connectivity index (χ0v) is 45.4. The number of carbonyl (C=O) groups is 9. The topological polar surface area (TPSA) is 269 Å². The SMILES string of the molecule is CC[C@@]1(O)C(=O)OCc2c1cc1n(c2=O)Cc2c-1nc1cc(F)c(C)c3c1c2[C@@H](NC(=O)CCN(C)CCNC(=O)CCC(=O)[C@H](Cc1ccccc1)NC(=O)CCC(=O)CNC(=O)CCCCCC1C(=O)CC(C)C1=O)CC3. The first kappa shape index (κ1) is 57.8. The van der Waals surface area contributed by atoms with E-state index in [9.17, 15) is 53.1 Å². The number of nitrogens with one attached hydrogen (secondary N) is 4. The quantitative estimate of drug-likeness (QED) is 0.0293. The lowest BCUT2D eigenvalue weighted by Gasteiger charge is -2.31. The maximum absolute atomic E-state index is 15.4. The number of nitrogens with zero attached hydrogens (tertiary/aromatic N) is 3. The van der Waals surface area contributed by atoms with Crippen LogP contribution in [0.3, 0.4) is 0 Å². The zero-order valence-electron chi connectivity index (χ0n) is 45.4. The number of benzene rings is 2. The predicted molar refractivity (Wildman–Crippen MR) is 287 cm³/mol. The van der Waals surface area contributed by atoms with E-state index < -0.39 is 46.9 Å². The molecular formula is C59H70FN7O12. The number of esters is 1. The van der Waals surface area contributed by atoms with E-state index in [0.717, 1.165) is 22.1 Å². The van der Waals surface area contributed by atoms with Crippen molar-refractivity contribution in [2.75, 3.05) is 33.2 Å². The van der Waals surface area contributed by atoms with Crippen molar-refractivity contribution in [3.8, 4) is 11.4 Å². The lowest BCUT2D eigenvalue weighted by Crippen LogP contribution is -2.44. The number of fused-ring (bicyclic) bond motifs is 5. The van der Waals surface area contributed by atoms with Gasteiger partial charge in [-0.2, -0.15) is 0 Å². The largest absolute Gasteiger partial charge is 0.458 e. The Kier molecular flexibility index (Phi) is 18.5. The summed E-state index contributed by atoms with van der Waals surface area (Å²) in [6.45, 7) is 5.63. The molecule has 2 aliphatic carbocycles. The Labute approximate surface area is 457 Å². The van der Waals surface area contributed by atoms with Crippen LogP contribution >= 0.6 is 0 Å². The summed E-state index contributed by atoms with van der Waals surface area (Å²) < 4.78 is 22.2. The molecule has 4 amide bonds. The minimum Gasteiger partial charge on any atom is -0.458 e. The number of Topliss-reactive ketones (excluding diaryl/α,β-unsaturated/α-hetero) is 4. The molecular weight excluding hydrogens is 1020 g/mol. The fraction of sp³-hybridized carbons (Fsp3) is 0.508. The lowest BCUT2D eigenvalue weighted by atomic mass is 9.81. The van der Waals surface area contributed by atoms with Crippen molar-refractivity contribution >= 4 is 63.6 Å². The number of aromatic nitrogens is 2. The normalized spacial score (nSPS) is 19.3. The fourth-order valence-corrected chi connectivity index (χ4v) is 11.4. The molecule has 2 unspecified atom stereocenters. The van der Waals surface area contributed by atoms with Crippen LogP contribution in [0.2, 0.25) is 0 Å². The van der Waals surface area contributed by atoms with Gasteiger partial charge in [0.15, 0.2) is 17.2 Å². The Bertz CT molecular complexity index is 3160. The van der Waals surface area contributed by atoms with E-state index in [2.05, 4.69) is 21.3 Å². The molecule has 4 heterocycles. The van der Waals surface area contributed by atoms with Crippen LogP contribution in [0.5, 0.6) is 0 Å². The van der Waals surface area contributed by atoms with Crippen LogP contribution in [0.15, 0.2) is 47.3 Å². The number of cyclic esters (lactones) is 1. The number of carbonyl (C=O) groups excluding carboxylic acids is 9. The van der Waals surface area contributed by atoms with Gasteiger partial charge in [0, 0.05) is 93.1 Å². The highest BCUT2D eigenvalue weighted by Crippen LogP contribution is 2.46. The first-order valence-corrected chi connectivity index (χ1v) is 27.5. The van der Waals surface area contributed by atoms with Gasteiger partial charge in [-0.05, 0) is 80.8 Å². The molecule has 2 aliphatic heterocycles. The van der Waals surface area contributed by atoms with Gasteiger partial charge in [0.2, 0.25) is 23.6 Å². The number of hydrogen-bond acceptors (Lipinski definition) is 14. The van der Waals surface area contributed by atoms with Crippen molar-refractivity contribution < 1.29 is 57.4 Å². The van der Waals surface area contributed by atoms with Crippen LogP contribution in [-0.2, 0) is 79.5 Å². The van der Waals surface area contributed by atoms with Gasteiger partial charge in [0.1, 0.15) is 24.0 Å². The predicted octanol–water partition coefficient (Wildman–Crippen LogP) is 4.36. The number of rotatable bonds is 26. The summed E-state index contributed by atoms with van der Waals surface area (Å²) in [6, 6.07) is 10.6. The maximum Gasteiger partial charge on any atom is 0.343 e. The molecule has 5 atom stereocenters. The Morgan fingerprint density at radius 1 is 0.886 bits per heavy atom. The second kappa shape index (κ2) is 25.2. The van der Waals surface area contributed by atoms with Crippen molar-refractivity contribution in [3.63, 3.8) is 0 Å². The maximum atomic E-state index is 15.4. The Morgan fingerprint density at radius 3 is 2.37 bits per heavy atom. The van der Waals surface area contributed by atoms with Gasteiger partial charge in [-0.1, -0.05) is 57.0 Å². The lowest BCUT2D eigenvalue weighted by molar-refractivity contribution is -0.172. The van der Waals surface area contributed by atoms with Gasteiger partial charge in [0.25, 0.3) is 5.56 Å². The van der Waals surface area contributed by atoms with Crippen LogP contribution in [-0.4, -0.2) is 112 Å². The van der Waals surface area contributed by atoms with Crippen molar-refractivity contribution in [2.24, 2.45) is 11.8 Å². The van der Waals surface area contributed by atoms with Crippen LogP contribution in [0, 0.1) is 24.6 Å². The summed E-state index contributed by atoms with van der Waals surface area (Å²) >= 11 is 0. The molecule has 4 aromatic rings. The van der Waals surface area contributed by atoms with Gasteiger partial charge >= 0.3 is 5.97 Å². The Hall–Kier alpha value is -7.32. The van der Waals surface area contributed by atoms with Crippen molar-refractivity contribution in [1.29, 1.82) is 0 Å². The first-order valence-electron chi connectivity index (χ1n) is 27.5. The molecule has 5 N–H and O–H groups in total. The average molecular weight is 1090 g/mol. The molecule has 4 aliphatic rings. The third-order valence-corrected chi connectivity index (χ3v) is 16.1. The molecule has 19 nitrogen and oxygen atoms in total. The zero-order chi connectivity index (χ0) is 56.7. The molecule has 1 saturated carbocycles. The summed E-state index contributed by atoms with van der Waals surface area (Å²) in [6.07, 6.45) is 3.36. The van der Waals surface area contributed by atoms with Crippen molar-refractivity contribution in [2.45, 2.75) is 148 Å². The van der Waals surface area contributed by atoms with Gasteiger partial charge in [-0.25, -0.2) is 14.2 Å². The molecule has 2 aromatic carbocycles. The van der Waals surface area contributed by atoms with Crippen molar-refractivity contribution in [3.05, 3.63) is 97.6 Å². The second-order valence-corrected chi connectivity index (χ2v) is 21.6. The van der Waals surface area contributed by atoms with Crippen LogP contribution in [0.25, 0.3) is 22.3 Å². The summed E-state index contributed by atoms with van der Waals surface area (Å²) in [5.74, 6) is -4.22. The smallest absolute Gasteiger partial charge is 0.343 e. The summed E-state index contributed by atoms with van der Waals surface area (Å²) in [5.41, 5.74) is 2.53. The molecule has 8 rings (SSSR count). The number of amides is 4. The second-order valence-electron chi connectivity index (χ2n) is 21.6. The Balaban J connectivity index is 0.779. The summed E-state index contributed by atoms with van der Waals surface area (Å²) in [4.78, 5) is 136. The molecule has 420 valence electrons. The van der Waals surface area contributed by atoms with Crippen LogP contribution in [0.4, 0.5) is 4.39 Å². The molecule has 0 bridgehead atoms. The molecule has 0 saturated heterocycles. The third-order valence-electron chi connectivity index (χ3n) is 16.1. The van der Waals surface area contributed by atoms with E-state index in [4.69, 9.17) is 9.72 Å². The number of ether oxygens (including phenoxy) is 1. The van der Waals surface area contributed by atoms with E-state index in [1.54, 1.807) is 39.0 Å². The molecule has 79 heavy (non-hydrogen) atoms. The third kappa shape index (κ3) is 13.1. The summed E-state index contributed by atoms with van der Waals surface area (Å²) in [7, 11) is 1.81. The molecule has 2 aromatic heterocycles. The minimum atomic E-state index is -2.02.